The number of carbonyl (C=O) groups is 1. The van der Waals surface area contributed by atoms with E-state index >= 15 is 0 Å². The number of nitriles is 1. The number of fused-ring (bicyclic) bond motifs is 1. The summed E-state index contributed by atoms with van der Waals surface area (Å²) in [5.74, 6) is -0.401. The maximum atomic E-state index is 12.6. The maximum absolute atomic E-state index is 12.6. The van der Waals surface area contributed by atoms with Gasteiger partial charge < -0.3 is 10.3 Å². The molecule has 0 aliphatic rings. The molecule has 0 atom stereocenters. The number of nitrogens with one attached hydrogen (secondary N) is 2. The molecule has 26 heavy (non-hydrogen) atoms. The van der Waals surface area contributed by atoms with E-state index in [-0.39, 0.29) is 5.57 Å². The highest BCUT2D eigenvalue weighted by atomic mass is 16.1. The number of H-pyrrole nitrogens is 1. The van der Waals surface area contributed by atoms with Gasteiger partial charge in [-0.1, -0.05) is 37.3 Å². The predicted octanol–water partition coefficient (Wildman–Crippen LogP) is 4.89. The van der Waals surface area contributed by atoms with Crippen molar-refractivity contribution < 1.29 is 4.79 Å². The van der Waals surface area contributed by atoms with Crippen LogP contribution in [0.15, 0.2) is 48.2 Å². The zero-order chi connectivity index (χ0) is 18.7. The van der Waals surface area contributed by atoms with Crippen molar-refractivity contribution in [1.29, 1.82) is 5.26 Å². The molecule has 0 fully saturated rings. The number of aryl methyl sites for hydroxylation is 2. The van der Waals surface area contributed by atoms with Gasteiger partial charge >= 0.3 is 0 Å². The van der Waals surface area contributed by atoms with Crippen molar-refractivity contribution in [1.82, 2.24) is 4.98 Å². The van der Waals surface area contributed by atoms with Crippen LogP contribution in [-0.4, -0.2) is 10.9 Å². The molecule has 0 unspecified atom stereocenters. The van der Waals surface area contributed by atoms with Crippen molar-refractivity contribution in [3.8, 4) is 6.07 Å². The Bertz CT molecular complexity index is 1050. The largest absolute Gasteiger partial charge is 0.360 e. The van der Waals surface area contributed by atoms with Crippen LogP contribution in [0, 0.1) is 25.2 Å². The molecule has 4 heteroatoms. The second-order valence-electron chi connectivity index (χ2n) is 6.31. The molecule has 0 radical (unpaired) electrons. The molecule has 4 nitrogen and oxygen atoms in total. The van der Waals surface area contributed by atoms with E-state index < -0.39 is 5.91 Å². The number of para-hydroxylation sites is 1. The van der Waals surface area contributed by atoms with E-state index in [0.717, 1.165) is 39.7 Å². The van der Waals surface area contributed by atoms with Crippen molar-refractivity contribution in [2.75, 3.05) is 5.32 Å². The van der Waals surface area contributed by atoms with Gasteiger partial charge in [0.1, 0.15) is 11.6 Å². The van der Waals surface area contributed by atoms with E-state index in [9.17, 15) is 10.1 Å². The van der Waals surface area contributed by atoms with Crippen molar-refractivity contribution in [2.24, 2.45) is 0 Å². The Kier molecular flexibility index (Phi) is 4.90. The first kappa shape index (κ1) is 17.5. The van der Waals surface area contributed by atoms with Gasteiger partial charge in [-0.05, 0) is 49.1 Å². The van der Waals surface area contributed by atoms with Crippen LogP contribution >= 0.6 is 0 Å². The number of nitrogens with zero attached hydrogens (tertiary/aromatic N) is 1. The molecular formula is C22H21N3O. The zero-order valence-electron chi connectivity index (χ0n) is 15.2. The van der Waals surface area contributed by atoms with Crippen LogP contribution < -0.4 is 5.32 Å². The number of aromatic amines is 1. The summed E-state index contributed by atoms with van der Waals surface area (Å²) in [5.41, 5.74) is 5.99. The molecule has 3 aromatic rings. The minimum atomic E-state index is -0.401. The summed E-state index contributed by atoms with van der Waals surface area (Å²) in [6.07, 6.45) is 4.39. The van der Waals surface area contributed by atoms with E-state index in [2.05, 4.69) is 23.3 Å². The number of hydrogen-bond donors (Lipinski definition) is 2. The molecular weight excluding hydrogens is 322 g/mol. The van der Waals surface area contributed by atoms with Gasteiger partial charge in [0.25, 0.3) is 5.91 Å². The van der Waals surface area contributed by atoms with E-state index in [0.29, 0.717) is 0 Å². The fraction of sp³-hybridized carbons (Fsp3) is 0.182. The molecule has 1 amide bonds. The first-order chi connectivity index (χ1) is 12.5. The quantitative estimate of drug-likeness (QED) is 0.523. The van der Waals surface area contributed by atoms with Crippen LogP contribution in [-0.2, 0) is 11.2 Å². The summed E-state index contributed by atoms with van der Waals surface area (Å²) < 4.78 is 0. The summed E-state index contributed by atoms with van der Waals surface area (Å²) in [6, 6.07) is 13.8. The highest BCUT2D eigenvalue weighted by molar-refractivity contribution is 6.11. The molecule has 0 aliphatic heterocycles. The number of amides is 1. The molecule has 1 aromatic heterocycles. The first-order valence-corrected chi connectivity index (χ1v) is 8.63. The van der Waals surface area contributed by atoms with E-state index in [1.165, 1.54) is 5.56 Å². The minimum absolute atomic E-state index is 0.0775. The Labute approximate surface area is 153 Å². The third-order valence-electron chi connectivity index (χ3n) is 4.73. The van der Waals surface area contributed by atoms with Crippen LogP contribution in [0.1, 0.15) is 29.2 Å². The van der Waals surface area contributed by atoms with Crippen LogP contribution in [0.25, 0.3) is 17.0 Å². The lowest BCUT2D eigenvalue weighted by Crippen LogP contribution is -2.14. The van der Waals surface area contributed by atoms with Gasteiger partial charge in [0.05, 0.1) is 0 Å². The smallest absolute Gasteiger partial charge is 0.266 e. The summed E-state index contributed by atoms with van der Waals surface area (Å²) in [6.45, 7) is 6.04. The second kappa shape index (κ2) is 7.28. The van der Waals surface area contributed by atoms with Crippen molar-refractivity contribution in [3.05, 3.63) is 70.4 Å². The normalized spacial score (nSPS) is 11.4. The van der Waals surface area contributed by atoms with Gasteiger partial charge in [0.15, 0.2) is 0 Å². The Morgan fingerprint density at radius 3 is 2.73 bits per heavy atom. The molecule has 0 saturated heterocycles. The summed E-state index contributed by atoms with van der Waals surface area (Å²) in [5, 5.41) is 13.3. The van der Waals surface area contributed by atoms with Gasteiger partial charge in [-0.25, -0.2) is 0 Å². The molecule has 2 aromatic carbocycles. The Hall–Kier alpha value is -3.32. The van der Waals surface area contributed by atoms with Gasteiger partial charge in [-0.2, -0.15) is 5.26 Å². The van der Waals surface area contributed by atoms with Gasteiger partial charge in [0.2, 0.25) is 0 Å². The molecule has 2 N–H and O–H groups in total. The molecule has 3 rings (SSSR count). The Morgan fingerprint density at radius 2 is 2.00 bits per heavy atom. The summed E-state index contributed by atoms with van der Waals surface area (Å²) in [4.78, 5) is 15.8. The lowest BCUT2D eigenvalue weighted by molar-refractivity contribution is -0.112. The molecule has 1 heterocycles. The van der Waals surface area contributed by atoms with Crippen molar-refractivity contribution in [3.63, 3.8) is 0 Å². The Balaban J connectivity index is 1.95. The lowest BCUT2D eigenvalue weighted by atomic mass is 10.0. The van der Waals surface area contributed by atoms with Crippen LogP contribution in [0.4, 0.5) is 5.69 Å². The monoisotopic (exact) mass is 343 g/mol. The number of aromatic nitrogens is 1. The SMILES string of the molecule is CCc1cccc2c(/C=C(\C#N)C(=O)Nc3cccc(C)c3C)c[nH]c12. The fourth-order valence-electron chi connectivity index (χ4n) is 3.03. The lowest BCUT2D eigenvalue weighted by Gasteiger charge is -2.09. The molecule has 0 spiro atoms. The predicted molar refractivity (Wildman–Crippen MR) is 106 cm³/mol. The molecule has 0 saturated carbocycles. The first-order valence-electron chi connectivity index (χ1n) is 8.63. The number of hydrogen-bond acceptors (Lipinski definition) is 2. The molecule has 0 bridgehead atoms. The molecule has 0 aliphatic carbocycles. The summed E-state index contributed by atoms with van der Waals surface area (Å²) in [7, 11) is 0. The zero-order valence-corrected chi connectivity index (χ0v) is 15.2. The minimum Gasteiger partial charge on any atom is -0.360 e. The van der Waals surface area contributed by atoms with Crippen LogP contribution in [0.3, 0.4) is 0 Å². The van der Waals surface area contributed by atoms with Crippen LogP contribution in [0.5, 0.6) is 0 Å². The average Bonchev–Trinajstić information content (AvgIpc) is 3.06. The third-order valence-corrected chi connectivity index (χ3v) is 4.73. The third kappa shape index (κ3) is 3.25. The van der Waals surface area contributed by atoms with E-state index in [4.69, 9.17) is 0 Å². The fourth-order valence-corrected chi connectivity index (χ4v) is 3.03. The second-order valence-corrected chi connectivity index (χ2v) is 6.31. The number of rotatable bonds is 4. The van der Waals surface area contributed by atoms with E-state index in [1.807, 2.05) is 56.4 Å². The standard InChI is InChI=1S/C22H21N3O/c1-4-16-8-6-9-19-18(13-24-21(16)19)11-17(12-23)22(26)25-20-10-5-7-14(2)15(20)3/h5-11,13,24H,4H2,1-3H3,(H,25,26)/b17-11+. The topological polar surface area (TPSA) is 68.7 Å². The highest BCUT2D eigenvalue weighted by Gasteiger charge is 2.13. The Morgan fingerprint density at radius 1 is 1.23 bits per heavy atom. The van der Waals surface area contributed by atoms with Crippen molar-refractivity contribution in [2.45, 2.75) is 27.2 Å². The van der Waals surface area contributed by atoms with E-state index in [1.54, 1.807) is 6.08 Å². The number of carbonyl (C=O) groups excluding carboxylic acids is 1. The van der Waals surface area contributed by atoms with Crippen LogP contribution in [0.2, 0.25) is 0 Å². The van der Waals surface area contributed by atoms with Gasteiger partial charge in [-0.3, -0.25) is 4.79 Å². The van der Waals surface area contributed by atoms with Gasteiger partial charge in [0, 0.05) is 28.4 Å². The highest BCUT2D eigenvalue weighted by Crippen LogP contribution is 2.25. The van der Waals surface area contributed by atoms with Crippen molar-refractivity contribution >= 4 is 28.6 Å². The number of benzene rings is 2. The summed E-state index contributed by atoms with van der Waals surface area (Å²) >= 11 is 0. The van der Waals surface area contributed by atoms with Gasteiger partial charge in [-0.15, -0.1) is 0 Å². The molecule has 130 valence electrons. The maximum Gasteiger partial charge on any atom is 0.266 e. The average molecular weight is 343 g/mol. The number of anilines is 1.